The molecule has 2 rings (SSSR count). The Hall–Kier alpha value is -2.28. The normalized spacial score (nSPS) is 10.6. The first-order valence-corrected chi connectivity index (χ1v) is 4.96. The SMILES string of the molecule is O=C(C=Cc1cccnc1Cl)Nc1nn[nH]n1. The molecule has 17 heavy (non-hydrogen) atoms. The first-order valence-electron chi connectivity index (χ1n) is 4.59. The molecule has 86 valence electrons. The summed E-state index contributed by atoms with van der Waals surface area (Å²) in [5.41, 5.74) is 0.650. The standard InChI is InChI=1S/C9H7ClN6O/c10-8-6(2-1-5-11-8)3-4-7(17)12-9-13-15-16-14-9/h1-5H,(H2,12,13,14,15,16,17). The smallest absolute Gasteiger partial charge is 0.270 e. The van der Waals surface area contributed by atoms with Gasteiger partial charge in [-0.2, -0.15) is 5.21 Å². The van der Waals surface area contributed by atoms with E-state index in [0.717, 1.165) is 0 Å². The van der Waals surface area contributed by atoms with Crippen LogP contribution in [0.4, 0.5) is 5.95 Å². The molecule has 2 heterocycles. The van der Waals surface area contributed by atoms with Gasteiger partial charge in [-0.3, -0.25) is 10.1 Å². The molecule has 0 aliphatic rings. The Morgan fingerprint density at radius 1 is 1.53 bits per heavy atom. The summed E-state index contributed by atoms with van der Waals surface area (Å²) in [5.74, 6) is -0.275. The molecule has 8 heteroatoms. The van der Waals surface area contributed by atoms with Gasteiger partial charge in [-0.05, 0) is 17.4 Å². The van der Waals surface area contributed by atoms with Crippen LogP contribution in [0.15, 0.2) is 24.4 Å². The molecular formula is C9H7ClN6O. The fourth-order valence-corrected chi connectivity index (χ4v) is 1.24. The summed E-state index contributed by atoms with van der Waals surface area (Å²) in [6.07, 6.45) is 4.42. The van der Waals surface area contributed by atoms with E-state index in [2.05, 4.69) is 30.9 Å². The number of nitrogens with one attached hydrogen (secondary N) is 2. The van der Waals surface area contributed by atoms with Gasteiger partial charge in [0, 0.05) is 17.8 Å². The third-order valence-electron chi connectivity index (χ3n) is 1.78. The lowest BCUT2D eigenvalue weighted by Gasteiger charge is -1.96. The summed E-state index contributed by atoms with van der Waals surface area (Å²) in [6, 6.07) is 3.47. The number of rotatable bonds is 3. The maximum absolute atomic E-state index is 11.4. The molecule has 7 nitrogen and oxygen atoms in total. The third-order valence-corrected chi connectivity index (χ3v) is 2.10. The minimum absolute atomic E-state index is 0.108. The molecule has 0 fully saturated rings. The summed E-state index contributed by atoms with van der Waals surface area (Å²) in [5, 5.41) is 15.4. The largest absolute Gasteiger partial charge is 0.288 e. The fourth-order valence-electron chi connectivity index (χ4n) is 1.05. The molecule has 0 aliphatic carbocycles. The number of tetrazole rings is 1. The van der Waals surface area contributed by atoms with Gasteiger partial charge in [0.1, 0.15) is 5.15 Å². The Morgan fingerprint density at radius 3 is 3.12 bits per heavy atom. The van der Waals surface area contributed by atoms with E-state index in [1.807, 2.05) is 0 Å². The summed E-state index contributed by atoms with van der Waals surface area (Å²) < 4.78 is 0. The Kier molecular flexibility index (Phi) is 3.41. The van der Waals surface area contributed by atoms with Gasteiger partial charge in [-0.1, -0.05) is 22.8 Å². The highest BCUT2D eigenvalue weighted by Crippen LogP contribution is 2.12. The Bertz CT molecular complexity index is 538. The maximum Gasteiger partial charge on any atom is 0.270 e. The van der Waals surface area contributed by atoms with Crippen molar-refractivity contribution < 1.29 is 4.79 Å². The van der Waals surface area contributed by atoms with Crippen LogP contribution in [-0.4, -0.2) is 31.5 Å². The number of anilines is 1. The van der Waals surface area contributed by atoms with Crippen molar-refractivity contribution in [3.05, 3.63) is 35.1 Å². The van der Waals surface area contributed by atoms with Gasteiger partial charge in [0.25, 0.3) is 11.9 Å². The molecule has 0 saturated heterocycles. The van der Waals surface area contributed by atoms with Gasteiger partial charge in [0.2, 0.25) is 0 Å². The number of aromatic amines is 1. The lowest BCUT2D eigenvalue weighted by Crippen LogP contribution is -2.09. The number of H-pyrrole nitrogens is 1. The van der Waals surface area contributed by atoms with Crippen molar-refractivity contribution in [1.29, 1.82) is 0 Å². The number of hydrogen-bond acceptors (Lipinski definition) is 5. The van der Waals surface area contributed by atoms with Crippen LogP contribution in [0.5, 0.6) is 0 Å². The molecule has 0 saturated carbocycles. The van der Waals surface area contributed by atoms with Crippen LogP contribution in [0.2, 0.25) is 5.15 Å². The van der Waals surface area contributed by atoms with Crippen molar-refractivity contribution in [2.24, 2.45) is 0 Å². The monoisotopic (exact) mass is 250 g/mol. The van der Waals surface area contributed by atoms with Crippen LogP contribution in [0.25, 0.3) is 6.08 Å². The molecular weight excluding hydrogens is 244 g/mol. The van der Waals surface area contributed by atoms with E-state index in [9.17, 15) is 4.79 Å². The molecule has 0 aliphatic heterocycles. The van der Waals surface area contributed by atoms with Gasteiger partial charge < -0.3 is 0 Å². The lowest BCUT2D eigenvalue weighted by molar-refractivity contribution is -0.111. The number of nitrogens with zero attached hydrogens (tertiary/aromatic N) is 4. The van der Waals surface area contributed by atoms with Gasteiger partial charge in [-0.25, -0.2) is 4.98 Å². The van der Waals surface area contributed by atoms with Gasteiger partial charge in [0.15, 0.2) is 0 Å². The number of halogens is 1. The zero-order valence-corrected chi connectivity index (χ0v) is 9.22. The molecule has 0 unspecified atom stereocenters. The second-order valence-electron chi connectivity index (χ2n) is 2.94. The Balaban J connectivity index is 2.01. The summed E-state index contributed by atoms with van der Waals surface area (Å²) in [4.78, 5) is 15.3. The van der Waals surface area contributed by atoms with Crippen molar-refractivity contribution in [2.45, 2.75) is 0 Å². The third kappa shape index (κ3) is 3.08. The molecule has 2 aromatic rings. The van der Waals surface area contributed by atoms with E-state index < -0.39 is 0 Å². The predicted octanol–water partition coefficient (Wildman–Crippen LogP) is 0.900. The minimum Gasteiger partial charge on any atom is -0.288 e. The zero-order chi connectivity index (χ0) is 12.1. The van der Waals surface area contributed by atoms with Crippen molar-refractivity contribution in [2.75, 3.05) is 5.32 Å². The molecule has 0 atom stereocenters. The van der Waals surface area contributed by atoms with Crippen LogP contribution in [0.3, 0.4) is 0 Å². The molecule has 0 aromatic carbocycles. The highest BCUT2D eigenvalue weighted by atomic mass is 35.5. The van der Waals surface area contributed by atoms with Crippen LogP contribution < -0.4 is 5.32 Å². The van der Waals surface area contributed by atoms with Crippen LogP contribution in [-0.2, 0) is 4.79 Å². The summed E-state index contributed by atoms with van der Waals surface area (Å²) in [7, 11) is 0. The van der Waals surface area contributed by atoms with Gasteiger partial charge >= 0.3 is 0 Å². The number of carbonyl (C=O) groups excluding carboxylic acids is 1. The highest BCUT2D eigenvalue weighted by Gasteiger charge is 2.02. The highest BCUT2D eigenvalue weighted by molar-refractivity contribution is 6.30. The van der Waals surface area contributed by atoms with Crippen molar-refractivity contribution >= 4 is 29.5 Å². The number of carbonyl (C=O) groups is 1. The fraction of sp³-hybridized carbons (Fsp3) is 0. The van der Waals surface area contributed by atoms with Crippen LogP contribution in [0.1, 0.15) is 5.56 Å². The molecule has 0 bridgehead atoms. The molecule has 1 amide bonds. The van der Waals surface area contributed by atoms with E-state index in [4.69, 9.17) is 11.6 Å². The molecule has 0 spiro atoms. The average Bonchev–Trinajstić information content (AvgIpc) is 2.81. The number of aromatic nitrogens is 5. The second kappa shape index (κ2) is 5.17. The van der Waals surface area contributed by atoms with E-state index in [1.54, 1.807) is 24.4 Å². The quantitative estimate of drug-likeness (QED) is 0.623. The van der Waals surface area contributed by atoms with Gasteiger partial charge in [0.05, 0.1) is 0 Å². The van der Waals surface area contributed by atoms with Crippen molar-refractivity contribution in [1.82, 2.24) is 25.6 Å². The minimum atomic E-state index is -0.383. The maximum atomic E-state index is 11.4. The Morgan fingerprint density at radius 2 is 2.41 bits per heavy atom. The van der Waals surface area contributed by atoms with Crippen LogP contribution in [0, 0.1) is 0 Å². The van der Waals surface area contributed by atoms with E-state index in [1.165, 1.54) is 6.08 Å². The number of pyridine rings is 1. The van der Waals surface area contributed by atoms with Crippen molar-refractivity contribution in [3.8, 4) is 0 Å². The summed E-state index contributed by atoms with van der Waals surface area (Å²) in [6.45, 7) is 0. The first-order chi connectivity index (χ1) is 8.25. The Labute approximate surface area is 101 Å². The predicted molar refractivity (Wildman–Crippen MR) is 61.1 cm³/mol. The molecule has 0 radical (unpaired) electrons. The first kappa shape index (κ1) is 11.2. The molecule has 2 N–H and O–H groups in total. The average molecular weight is 251 g/mol. The van der Waals surface area contributed by atoms with E-state index in [-0.39, 0.29) is 11.9 Å². The number of amides is 1. The van der Waals surface area contributed by atoms with E-state index >= 15 is 0 Å². The van der Waals surface area contributed by atoms with Crippen LogP contribution >= 0.6 is 11.6 Å². The number of hydrogen-bond donors (Lipinski definition) is 2. The zero-order valence-electron chi connectivity index (χ0n) is 8.46. The van der Waals surface area contributed by atoms with E-state index in [0.29, 0.717) is 10.7 Å². The van der Waals surface area contributed by atoms with Crippen molar-refractivity contribution in [3.63, 3.8) is 0 Å². The summed E-state index contributed by atoms with van der Waals surface area (Å²) >= 11 is 5.82. The second-order valence-corrected chi connectivity index (χ2v) is 3.30. The van der Waals surface area contributed by atoms with Gasteiger partial charge in [-0.15, -0.1) is 5.10 Å². The lowest BCUT2D eigenvalue weighted by atomic mass is 10.2. The molecule has 2 aromatic heterocycles. The topological polar surface area (TPSA) is 96.5 Å².